The van der Waals surface area contributed by atoms with Crippen LogP contribution in [0.1, 0.15) is 15.5 Å². The fourth-order valence-electron chi connectivity index (χ4n) is 2.26. The van der Waals surface area contributed by atoms with Crippen molar-refractivity contribution in [3.05, 3.63) is 55.8 Å². The van der Waals surface area contributed by atoms with Crippen LogP contribution in [0.5, 0.6) is 0 Å². The lowest BCUT2D eigenvalue weighted by Gasteiger charge is -2.10. The zero-order valence-corrected chi connectivity index (χ0v) is 13.6. The molecule has 118 valence electrons. The Morgan fingerprint density at radius 3 is 2.65 bits per heavy atom. The number of carbonyl (C=O) groups is 1. The largest absolute Gasteiger partial charge is 0.331 e. The predicted molar refractivity (Wildman–Crippen MR) is 89.2 cm³/mol. The third-order valence-corrected chi connectivity index (χ3v) is 4.45. The van der Waals surface area contributed by atoms with Gasteiger partial charge in [-0.05, 0) is 25.1 Å². The third kappa shape index (κ3) is 2.68. The van der Waals surface area contributed by atoms with E-state index in [-0.39, 0.29) is 5.69 Å². The molecule has 0 atom stereocenters. The molecule has 3 rings (SSSR count). The van der Waals surface area contributed by atoms with E-state index in [2.05, 4.69) is 10.3 Å². The van der Waals surface area contributed by atoms with Gasteiger partial charge in [-0.25, -0.2) is 9.78 Å². The molecule has 0 aliphatic heterocycles. The van der Waals surface area contributed by atoms with Crippen LogP contribution in [0.4, 0.5) is 5.69 Å². The summed E-state index contributed by atoms with van der Waals surface area (Å²) in [5.41, 5.74) is 0.396. The van der Waals surface area contributed by atoms with Gasteiger partial charge in [0, 0.05) is 25.8 Å². The third-order valence-electron chi connectivity index (χ3n) is 3.51. The highest BCUT2D eigenvalue weighted by Crippen LogP contribution is 2.24. The van der Waals surface area contributed by atoms with Gasteiger partial charge in [-0.3, -0.25) is 18.7 Å². The van der Waals surface area contributed by atoms with Crippen LogP contribution >= 0.6 is 11.3 Å². The summed E-state index contributed by atoms with van der Waals surface area (Å²) in [6.45, 7) is 1.92. The predicted octanol–water partition coefficient (Wildman–Crippen LogP) is 1.25. The molecule has 0 saturated carbocycles. The summed E-state index contributed by atoms with van der Waals surface area (Å²) in [6, 6.07) is 6.51. The molecule has 23 heavy (non-hydrogen) atoms. The van der Waals surface area contributed by atoms with Gasteiger partial charge in [0.2, 0.25) is 0 Å². The summed E-state index contributed by atoms with van der Waals surface area (Å²) in [5.74, 6) is -0.511. The van der Waals surface area contributed by atoms with Gasteiger partial charge in [0.05, 0.1) is 15.2 Å². The molecule has 8 heteroatoms. The van der Waals surface area contributed by atoms with Crippen molar-refractivity contribution in [3.8, 4) is 0 Å². The van der Waals surface area contributed by atoms with Crippen LogP contribution in [-0.4, -0.2) is 20.0 Å². The number of rotatable bonds is 2. The zero-order valence-electron chi connectivity index (χ0n) is 12.8. The van der Waals surface area contributed by atoms with Gasteiger partial charge in [0.25, 0.3) is 11.5 Å². The summed E-state index contributed by atoms with van der Waals surface area (Å²) >= 11 is 1.53. The van der Waals surface area contributed by atoms with E-state index in [4.69, 9.17) is 0 Å². The summed E-state index contributed by atoms with van der Waals surface area (Å²) in [6.07, 6.45) is 0. The van der Waals surface area contributed by atoms with E-state index in [0.29, 0.717) is 5.69 Å². The maximum atomic E-state index is 12.4. The molecule has 0 aliphatic rings. The topological polar surface area (TPSA) is 86.0 Å². The number of hydrogen-bond donors (Lipinski definition) is 1. The molecular weight excluding hydrogens is 316 g/mol. The molecule has 1 N–H and O–H groups in total. The Hall–Kier alpha value is -2.74. The Morgan fingerprint density at radius 1 is 1.17 bits per heavy atom. The van der Waals surface area contributed by atoms with Gasteiger partial charge >= 0.3 is 5.69 Å². The lowest BCUT2D eigenvalue weighted by atomic mass is 10.3. The maximum absolute atomic E-state index is 12.4. The minimum atomic E-state index is -0.545. The number of thiazole rings is 1. The minimum Gasteiger partial charge on any atom is -0.321 e. The molecule has 1 aromatic carbocycles. The van der Waals surface area contributed by atoms with Crippen molar-refractivity contribution >= 4 is 33.1 Å². The average Bonchev–Trinajstić information content (AvgIpc) is 2.88. The molecule has 1 amide bonds. The van der Waals surface area contributed by atoms with Crippen LogP contribution < -0.4 is 16.6 Å². The molecule has 0 fully saturated rings. The summed E-state index contributed by atoms with van der Waals surface area (Å²) in [4.78, 5) is 40.3. The van der Waals surface area contributed by atoms with Crippen molar-refractivity contribution in [2.45, 2.75) is 6.92 Å². The maximum Gasteiger partial charge on any atom is 0.331 e. The number of aryl methyl sites for hydroxylation is 1. The Kier molecular flexibility index (Phi) is 3.61. The fraction of sp³-hybridized carbons (Fsp3) is 0.200. The monoisotopic (exact) mass is 330 g/mol. The number of benzene rings is 1. The van der Waals surface area contributed by atoms with Crippen molar-refractivity contribution in [1.29, 1.82) is 0 Å². The van der Waals surface area contributed by atoms with E-state index < -0.39 is 17.2 Å². The number of amides is 1. The van der Waals surface area contributed by atoms with Crippen LogP contribution in [0.25, 0.3) is 10.2 Å². The number of nitrogens with one attached hydrogen (secondary N) is 1. The number of hydrogen-bond acceptors (Lipinski definition) is 5. The van der Waals surface area contributed by atoms with E-state index in [1.165, 1.54) is 25.4 Å². The van der Waals surface area contributed by atoms with Gasteiger partial charge in [0.1, 0.15) is 5.69 Å². The number of nitrogens with zero attached hydrogens (tertiary/aromatic N) is 3. The Morgan fingerprint density at radius 2 is 1.91 bits per heavy atom. The normalized spacial score (nSPS) is 10.9. The lowest BCUT2D eigenvalue weighted by Crippen LogP contribution is -2.40. The first-order valence-corrected chi connectivity index (χ1v) is 7.64. The number of carbonyl (C=O) groups excluding carboxylic acids is 1. The Labute approximate surface area is 134 Å². The summed E-state index contributed by atoms with van der Waals surface area (Å²) in [7, 11) is 2.82. The molecule has 0 unspecified atom stereocenters. The lowest BCUT2D eigenvalue weighted by molar-refractivity contribution is 0.101. The van der Waals surface area contributed by atoms with Crippen molar-refractivity contribution in [2.75, 3.05) is 5.32 Å². The molecule has 2 heterocycles. The van der Waals surface area contributed by atoms with Crippen molar-refractivity contribution in [3.63, 3.8) is 0 Å². The first-order valence-electron chi connectivity index (χ1n) is 6.82. The fourth-order valence-corrected chi connectivity index (χ4v) is 3.13. The van der Waals surface area contributed by atoms with Crippen LogP contribution in [0.3, 0.4) is 0 Å². The minimum absolute atomic E-state index is 0.0127. The Bertz CT molecular complexity index is 1050. The van der Waals surface area contributed by atoms with E-state index in [9.17, 15) is 14.4 Å². The van der Waals surface area contributed by atoms with Gasteiger partial charge < -0.3 is 5.32 Å². The molecule has 0 aliphatic carbocycles. The number of aromatic nitrogens is 3. The number of fused-ring (bicyclic) bond motifs is 1. The van der Waals surface area contributed by atoms with Crippen molar-refractivity contribution in [1.82, 2.24) is 14.1 Å². The van der Waals surface area contributed by atoms with E-state index >= 15 is 0 Å². The highest BCUT2D eigenvalue weighted by molar-refractivity contribution is 7.18. The molecule has 0 spiro atoms. The molecular formula is C15H14N4O3S. The van der Waals surface area contributed by atoms with Gasteiger partial charge in [-0.1, -0.05) is 0 Å². The van der Waals surface area contributed by atoms with Crippen LogP contribution in [-0.2, 0) is 14.1 Å². The van der Waals surface area contributed by atoms with Gasteiger partial charge in [-0.15, -0.1) is 11.3 Å². The van der Waals surface area contributed by atoms with E-state index in [1.54, 1.807) is 6.07 Å². The Balaban J connectivity index is 1.97. The quantitative estimate of drug-likeness (QED) is 0.766. The SMILES string of the molecule is Cc1nc2ccc(NC(=O)c3cc(=O)n(C)c(=O)n3C)cc2s1. The first-order chi connectivity index (χ1) is 10.9. The van der Waals surface area contributed by atoms with Crippen molar-refractivity contribution in [2.24, 2.45) is 14.1 Å². The second kappa shape index (κ2) is 5.47. The zero-order chi connectivity index (χ0) is 16.7. The van der Waals surface area contributed by atoms with E-state index in [1.807, 2.05) is 19.1 Å². The van der Waals surface area contributed by atoms with Crippen LogP contribution in [0.2, 0.25) is 0 Å². The molecule has 3 aromatic rings. The molecule has 0 radical (unpaired) electrons. The highest BCUT2D eigenvalue weighted by Gasteiger charge is 2.14. The molecule has 2 aromatic heterocycles. The summed E-state index contributed by atoms with van der Waals surface area (Å²) in [5, 5.41) is 3.65. The van der Waals surface area contributed by atoms with E-state index in [0.717, 1.165) is 30.4 Å². The van der Waals surface area contributed by atoms with Crippen LogP contribution in [0.15, 0.2) is 33.9 Å². The molecule has 0 saturated heterocycles. The second-order valence-corrected chi connectivity index (χ2v) is 6.37. The smallest absolute Gasteiger partial charge is 0.321 e. The molecule has 0 bridgehead atoms. The van der Waals surface area contributed by atoms with Gasteiger partial charge in [-0.2, -0.15) is 0 Å². The standard InChI is InChI=1S/C15H14N4O3S/c1-8-16-10-5-4-9(6-12(10)23-8)17-14(21)11-7-13(20)19(3)15(22)18(11)2/h4-7H,1-3H3,(H,17,21). The summed E-state index contributed by atoms with van der Waals surface area (Å²) < 4.78 is 3.05. The average molecular weight is 330 g/mol. The first kappa shape index (κ1) is 15.2. The highest BCUT2D eigenvalue weighted by atomic mass is 32.1. The molecule has 7 nitrogen and oxygen atoms in total. The van der Waals surface area contributed by atoms with Crippen LogP contribution in [0, 0.1) is 6.92 Å². The number of anilines is 1. The van der Waals surface area contributed by atoms with Crippen molar-refractivity contribution < 1.29 is 4.79 Å². The van der Waals surface area contributed by atoms with Gasteiger partial charge in [0.15, 0.2) is 0 Å². The second-order valence-electron chi connectivity index (χ2n) is 5.14.